The van der Waals surface area contributed by atoms with Gasteiger partial charge < -0.3 is 4.74 Å². The third-order valence-corrected chi connectivity index (χ3v) is 5.65. The zero-order valence-corrected chi connectivity index (χ0v) is 17.8. The number of hydrazone groups is 1. The number of anilines is 1. The van der Waals surface area contributed by atoms with E-state index in [1.54, 1.807) is 17.6 Å². The topological polar surface area (TPSA) is 46.5 Å². The molecule has 1 aromatic heterocycles. The minimum Gasteiger partial charge on any atom is -0.488 e. The summed E-state index contributed by atoms with van der Waals surface area (Å²) in [6.07, 6.45) is 1.77. The number of nitrogens with zero attached hydrogens (tertiary/aromatic N) is 2. The fraction of sp³-hybridized carbons (Fsp3) is 0.120. The van der Waals surface area contributed by atoms with E-state index in [9.17, 15) is 0 Å². The molecule has 0 fully saturated rings. The standard InChI is InChI=1S/C25H23N3OS/c1-18-10-6-7-14-22(18)17-29-23-15-9-8-13-21(23)16-26-28-25-27-24(19(2)30-25)20-11-4-3-5-12-20/h3-16H,17H2,1-2H3,(H,27,28)/b26-16+. The minimum absolute atomic E-state index is 0.525. The fourth-order valence-electron chi connectivity index (χ4n) is 3.11. The van der Waals surface area contributed by atoms with Crippen molar-refractivity contribution in [1.29, 1.82) is 0 Å². The second-order valence-corrected chi connectivity index (χ2v) is 8.12. The Morgan fingerprint density at radius 1 is 0.933 bits per heavy atom. The number of hydrogen-bond acceptors (Lipinski definition) is 5. The SMILES string of the molecule is Cc1ccccc1COc1ccccc1/C=N/Nc1nc(-c2ccccc2)c(C)s1. The first-order chi connectivity index (χ1) is 14.7. The van der Waals surface area contributed by atoms with E-state index in [0.717, 1.165) is 32.6 Å². The number of para-hydroxylation sites is 1. The van der Waals surface area contributed by atoms with Crippen LogP contribution in [0.2, 0.25) is 0 Å². The number of benzene rings is 3. The van der Waals surface area contributed by atoms with Gasteiger partial charge in [-0.05, 0) is 37.1 Å². The van der Waals surface area contributed by atoms with Gasteiger partial charge in [-0.15, -0.1) is 11.3 Å². The first-order valence-electron chi connectivity index (χ1n) is 9.79. The lowest BCUT2D eigenvalue weighted by molar-refractivity contribution is 0.305. The molecule has 0 saturated carbocycles. The van der Waals surface area contributed by atoms with E-state index >= 15 is 0 Å². The van der Waals surface area contributed by atoms with Crippen LogP contribution in [0.15, 0.2) is 84.0 Å². The molecule has 0 aliphatic rings. The molecule has 3 aromatic carbocycles. The van der Waals surface area contributed by atoms with Crippen molar-refractivity contribution in [2.75, 3.05) is 5.43 Å². The molecule has 0 atom stereocenters. The van der Waals surface area contributed by atoms with Crippen molar-refractivity contribution >= 4 is 22.7 Å². The molecular formula is C25H23N3OS. The maximum absolute atomic E-state index is 6.06. The second-order valence-electron chi connectivity index (χ2n) is 6.91. The van der Waals surface area contributed by atoms with Crippen molar-refractivity contribution in [2.24, 2.45) is 5.10 Å². The van der Waals surface area contributed by atoms with Crippen LogP contribution in [0, 0.1) is 13.8 Å². The molecule has 150 valence electrons. The van der Waals surface area contributed by atoms with Crippen LogP contribution in [-0.4, -0.2) is 11.2 Å². The lowest BCUT2D eigenvalue weighted by Crippen LogP contribution is -2.00. The van der Waals surface area contributed by atoms with Crippen molar-refractivity contribution in [3.63, 3.8) is 0 Å². The second kappa shape index (κ2) is 9.37. The summed E-state index contributed by atoms with van der Waals surface area (Å²) in [5, 5.41) is 5.15. The van der Waals surface area contributed by atoms with Gasteiger partial charge in [-0.3, -0.25) is 5.43 Å². The van der Waals surface area contributed by atoms with Crippen LogP contribution in [0.5, 0.6) is 5.75 Å². The maximum Gasteiger partial charge on any atom is 0.204 e. The van der Waals surface area contributed by atoms with Crippen molar-refractivity contribution in [2.45, 2.75) is 20.5 Å². The third kappa shape index (κ3) is 4.75. The largest absolute Gasteiger partial charge is 0.488 e. The van der Waals surface area contributed by atoms with E-state index in [-0.39, 0.29) is 0 Å². The predicted molar refractivity (Wildman–Crippen MR) is 125 cm³/mol. The van der Waals surface area contributed by atoms with Crippen molar-refractivity contribution in [3.8, 4) is 17.0 Å². The number of nitrogens with one attached hydrogen (secondary N) is 1. The number of rotatable bonds is 7. The van der Waals surface area contributed by atoms with Gasteiger partial charge in [-0.2, -0.15) is 5.10 Å². The number of hydrogen-bond donors (Lipinski definition) is 1. The average Bonchev–Trinajstić information content (AvgIpc) is 3.15. The highest BCUT2D eigenvalue weighted by molar-refractivity contribution is 7.15. The lowest BCUT2D eigenvalue weighted by atomic mass is 10.1. The van der Waals surface area contributed by atoms with Crippen LogP contribution in [0.3, 0.4) is 0 Å². The fourth-order valence-corrected chi connectivity index (χ4v) is 3.90. The Hall–Kier alpha value is -3.44. The summed E-state index contributed by atoms with van der Waals surface area (Å²) in [7, 11) is 0. The summed E-state index contributed by atoms with van der Waals surface area (Å²) in [6, 6.07) is 26.3. The molecule has 4 rings (SSSR count). The summed E-state index contributed by atoms with van der Waals surface area (Å²) in [5.41, 5.74) is 8.46. The van der Waals surface area contributed by atoms with Gasteiger partial charge in [0.05, 0.1) is 11.9 Å². The number of thiazole rings is 1. The summed E-state index contributed by atoms with van der Waals surface area (Å²) < 4.78 is 6.06. The monoisotopic (exact) mass is 413 g/mol. The van der Waals surface area contributed by atoms with Crippen molar-refractivity contribution in [1.82, 2.24) is 4.98 Å². The van der Waals surface area contributed by atoms with E-state index in [4.69, 9.17) is 4.74 Å². The molecule has 4 aromatic rings. The molecule has 1 N–H and O–H groups in total. The molecule has 0 bridgehead atoms. The van der Waals surface area contributed by atoms with E-state index < -0.39 is 0 Å². The van der Waals surface area contributed by atoms with Crippen molar-refractivity contribution in [3.05, 3.63) is 100 Å². The molecule has 0 radical (unpaired) electrons. The van der Waals surface area contributed by atoms with E-state index in [1.807, 2.05) is 54.6 Å². The smallest absolute Gasteiger partial charge is 0.204 e. The average molecular weight is 414 g/mol. The first-order valence-corrected chi connectivity index (χ1v) is 10.6. The van der Waals surface area contributed by atoms with Gasteiger partial charge in [0.2, 0.25) is 5.13 Å². The van der Waals surface area contributed by atoms with E-state index in [0.29, 0.717) is 6.61 Å². The molecule has 0 unspecified atom stereocenters. The Balaban J connectivity index is 1.44. The van der Waals surface area contributed by atoms with E-state index in [2.05, 4.69) is 53.6 Å². The van der Waals surface area contributed by atoms with Crippen molar-refractivity contribution < 1.29 is 4.74 Å². The molecule has 0 saturated heterocycles. The highest BCUT2D eigenvalue weighted by Gasteiger charge is 2.09. The molecule has 0 aliphatic carbocycles. The zero-order chi connectivity index (χ0) is 20.8. The summed E-state index contributed by atoms with van der Waals surface area (Å²) in [5.74, 6) is 0.798. The maximum atomic E-state index is 6.06. The Kier molecular flexibility index (Phi) is 6.20. The first kappa shape index (κ1) is 19.9. The highest BCUT2D eigenvalue weighted by atomic mass is 32.1. The summed E-state index contributed by atoms with van der Waals surface area (Å²) in [4.78, 5) is 5.84. The Morgan fingerprint density at radius 3 is 2.50 bits per heavy atom. The van der Waals surface area contributed by atoms with Crippen LogP contribution < -0.4 is 10.2 Å². The molecule has 30 heavy (non-hydrogen) atoms. The normalized spacial score (nSPS) is 11.0. The quantitative estimate of drug-likeness (QED) is 0.280. The van der Waals surface area contributed by atoms with Gasteiger partial charge in [0, 0.05) is 16.0 Å². The number of ether oxygens (including phenoxy) is 1. The van der Waals surface area contributed by atoms with Gasteiger partial charge in [0.15, 0.2) is 0 Å². The molecule has 0 aliphatic heterocycles. The Labute approximate surface area is 180 Å². The summed E-state index contributed by atoms with van der Waals surface area (Å²) >= 11 is 1.59. The molecule has 0 spiro atoms. The van der Waals surface area contributed by atoms with Gasteiger partial charge in [-0.1, -0.05) is 66.7 Å². The molecule has 5 heteroatoms. The van der Waals surface area contributed by atoms with Gasteiger partial charge >= 0.3 is 0 Å². The molecule has 4 nitrogen and oxygen atoms in total. The van der Waals surface area contributed by atoms with Crippen LogP contribution in [0.25, 0.3) is 11.3 Å². The van der Waals surface area contributed by atoms with Gasteiger partial charge in [0.25, 0.3) is 0 Å². The highest BCUT2D eigenvalue weighted by Crippen LogP contribution is 2.30. The number of aryl methyl sites for hydroxylation is 2. The van der Waals surface area contributed by atoms with Crippen LogP contribution in [-0.2, 0) is 6.61 Å². The summed E-state index contributed by atoms with van der Waals surface area (Å²) in [6.45, 7) is 4.69. The Bertz CT molecular complexity index is 1150. The molecular weight excluding hydrogens is 390 g/mol. The van der Waals surface area contributed by atoms with E-state index in [1.165, 1.54) is 11.1 Å². The van der Waals surface area contributed by atoms with Crippen LogP contribution in [0.4, 0.5) is 5.13 Å². The zero-order valence-electron chi connectivity index (χ0n) is 17.0. The lowest BCUT2D eigenvalue weighted by Gasteiger charge is -2.10. The third-order valence-electron chi connectivity index (χ3n) is 4.77. The molecule has 0 amide bonds. The molecule has 1 heterocycles. The predicted octanol–water partition coefficient (Wildman–Crippen LogP) is 6.45. The Morgan fingerprint density at radius 2 is 1.67 bits per heavy atom. The van der Waals surface area contributed by atoms with Crippen LogP contribution in [0.1, 0.15) is 21.6 Å². The van der Waals surface area contributed by atoms with Gasteiger partial charge in [-0.25, -0.2) is 4.98 Å². The minimum atomic E-state index is 0.525. The number of aromatic nitrogens is 1. The van der Waals surface area contributed by atoms with Crippen LogP contribution >= 0.6 is 11.3 Å². The van der Waals surface area contributed by atoms with Gasteiger partial charge in [0.1, 0.15) is 12.4 Å².